The number of allylic oxidation sites excluding steroid dienone is 2. The highest BCUT2D eigenvalue weighted by Crippen LogP contribution is 2.40. The molecule has 3 atom stereocenters. The average Bonchev–Trinajstić information content (AvgIpc) is 2.87. The van der Waals surface area contributed by atoms with Gasteiger partial charge in [0.1, 0.15) is 39.9 Å². The number of aliphatic imine (C=N–C) groups is 1. The van der Waals surface area contributed by atoms with E-state index in [4.69, 9.17) is 4.74 Å². The summed E-state index contributed by atoms with van der Waals surface area (Å²) in [6.45, 7) is 3.10. The molecule has 0 saturated carbocycles. The number of fused-ring (bicyclic) bond motifs is 1. The number of hydrogen-bond donors (Lipinski definition) is 4. The molecule has 13 heteroatoms. The van der Waals surface area contributed by atoms with Crippen LogP contribution in [-0.2, 0) is 28.7 Å². The van der Waals surface area contributed by atoms with E-state index in [2.05, 4.69) is 10.3 Å². The summed E-state index contributed by atoms with van der Waals surface area (Å²) in [6.07, 6.45) is 2.00. The number of carbonyl (C=O) groups excluding carboxylic acids is 4. The zero-order chi connectivity index (χ0) is 27.7. The SMILES string of the molecule is CCOC(=O)C1=C(O)C=CC(=O)C1=N[C@@H](C(=O)N[C@@H]1C(=O)N2C(C(=O)O)=C(C)CS[C@H]12)c1ccc(O)cc1. The molecule has 0 spiro atoms. The summed E-state index contributed by atoms with van der Waals surface area (Å²) in [7, 11) is 0. The van der Waals surface area contributed by atoms with Gasteiger partial charge in [-0.05, 0) is 49.3 Å². The van der Waals surface area contributed by atoms with Crippen molar-refractivity contribution < 1.29 is 44.0 Å². The number of amides is 2. The number of ether oxygens (including phenoxy) is 1. The molecule has 1 aromatic carbocycles. The van der Waals surface area contributed by atoms with Crippen molar-refractivity contribution in [1.82, 2.24) is 10.2 Å². The number of esters is 1. The van der Waals surface area contributed by atoms with Gasteiger partial charge >= 0.3 is 11.9 Å². The number of carbonyl (C=O) groups is 5. The maximum atomic E-state index is 13.5. The van der Waals surface area contributed by atoms with Crippen molar-refractivity contribution in [3.8, 4) is 5.75 Å². The zero-order valence-electron chi connectivity index (χ0n) is 20.2. The Morgan fingerprint density at radius 1 is 1.18 bits per heavy atom. The molecule has 4 N–H and O–H groups in total. The maximum absolute atomic E-state index is 13.5. The van der Waals surface area contributed by atoms with Crippen LogP contribution >= 0.6 is 11.8 Å². The van der Waals surface area contributed by atoms with E-state index in [9.17, 15) is 39.3 Å². The van der Waals surface area contributed by atoms with Crippen molar-refractivity contribution in [3.63, 3.8) is 0 Å². The smallest absolute Gasteiger partial charge is 0.352 e. The first kappa shape index (κ1) is 26.7. The van der Waals surface area contributed by atoms with Crippen LogP contribution in [0, 0.1) is 0 Å². The minimum atomic E-state index is -1.48. The lowest BCUT2D eigenvalue weighted by molar-refractivity contribution is -0.150. The van der Waals surface area contributed by atoms with E-state index in [0.29, 0.717) is 11.3 Å². The molecule has 38 heavy (non-hydrogen) atoms. The predicted molar refractivity (Wildman–Crippen MR) is 134 cm³/mol. The number of rotatable bonds is 7. The van der Waals surface area contributed by atoms with Crippen LogP contribution in [0.15, 0.2) is 64.0 Å². The van der Waals surface area contributed by atoms with Gasteiger partial charge in [0.2, 0.25) is 11.7 Å². The van der Waals surface area contributed by atoms with Crippen molar-refractivity contribution in [2.75, 3.05) is 12.4 Å². The summed E-state index contributed by atoms with van der Waals surface area (Å²) in [4.78, 5) is 68.5. The molecule has 2 aliphatic heterocycles. The van der Waals surface area contributed by atoms with Gasteiger partial charge in [-0.3, -0.25) is 24.3 Å². The molecule has 0 unspecified atom stereocenters. The Hall–Kier alpha value is -4.39. The second-order valence-electron chi connectivity index (χ2n) is 8.48. The quantitative estimate of drug-likeness (QED) is 0.222. The molecule has 12 nitrogen and oxygen atoms in total. The van der Waals surface area contributed by atoms with Gasteiger partial charge in [0, 0.05) is 5.75 Å². The topological polar surface area (TPSA) is 183 Å². The average molecular weight is 542 g/mol. The highest BCUT2D eigenvalue weighted by Gasteiger charge is 2.54. The number of thioether (sulfide) groups is 1. The van der Waals surface area contributed by atoms with Crippen LogP contribution in [0.3, 0.4) is 0 Å². The zero-order valence-corrected chi connectivity index (χ0v) is 21.0. The van der Waals surface area contributed by atoms with Gasteiger partial charge in [0.05, 0.1) is 6.61 Å². The molecular formula is C25H23N3O9S. The Kier molecular flexibility index (Phi) is 7.39. The molecule has 1 saturated heterocycles. The Morgan fingerprint density at radius 2 is 1.87 bits per heavy atom. The number of ketones is 1. The Labute approximate surface area is 220 Å². The van der Waals surface area contributed by atoms with Crippen LogP contribution in [-0.4, -0.2) is 79.2 Å². The van der Waals surface area contributed by atoms with Crippen molar-refractivity contribution >= 4 is 47.0 Å². The fourth-order valence-corrected chi connectivity index (χ4v) is 5.46. The Morgan fingerprint density at radius 3 is 2.50 bits per heavy atom. The summed E-state index contributed by atoms with van der Waals surface area (Å²) >= 11 is 1.29. The van der Waals surface area contributed by atoms with Gasteiger partial charge in [0.15, 0.2) is 6.04 Å². The standard InChI is InChI=1S/C25H23N3O9S/c1-3-37-25(36)16-14(30)8-9-15(31)18(16)26-17(12-4-6-13(29)7-5-12)21(32)27-19-22(33)28-20(24(34)35)11(2)10-38-23(19)28/h4-9,17,19,23,29-30H,3,10H2,1-2H3,(H,27,32)(H,34,35)/t17-,19-,23-/m1/s1. The maximum Gasteiger partial charge on any atom is 0.352 e. The monoisotopic (exact) mass is 541 g/mol. The number of nitrogens with one attached hydrogen (secondary N) is 1. The molecule has 2 amide bonds. The van der Waals surface area contributed by atoms with Crippen LogP contribution in [0.5, 0.6) is 5.75 Å². The highest BCUT2D eigenvalue weighted by atomic mass is 32.2. The number of phenolic OH excluding ortho intramolecular Hbond substituents is 1. The van der Waals surface area contributed by atoms with E-state index in [1.807, 2.05) is 0 Å². The summed E-state index contributed by atoms with van der Waals surface area (Å²) < 4.78 is 4.93. The first-order valence-corrected chi connectivity index (χ1v) is 12.5. The van der Waals surface area contributed by atoms with Crippen molar-refractivity contribution in [2.24, 2.45) is 4.99 Å². The summed E-state index contributed by atoms with van der Waals surface area (Å²) in [6, 6.07) is 2.78. The summed E-state index contributed by atoms with van der Waals surface area (Å²) in [5.74, 6) is -4.80. The number of β-lactam (4-membered cyclic amide) rings is 1. The number of benzene rings is 1. The highest BCUT2D eigenvalue weighted by molar-refractivity contribution is 8.00. The van der Waals surface area contributed by atoms with Crippen molar-refractivity contribution in [3.05, 3.63) is 64.6 Å². The third-order valence-corrected chi connectivity index (χ3v) is 7.40. The van der Waals surface area contributed by atoms with E-state index < -0.39 is 64.0 Å². The van der Waals surface area contributed by atoms with Crippen LogP contribution in [0.25, 0.3) is 0 Å². The number of aliphatic hydroxyl groups is 1. The number of carboxylic acid groups (broad SMARTS) is 1. The van der Waals surface area contributed by atoms with E-state index in [-0.39, 0.29) is 23.6 Å². The molecule has 2 heterocycles. The van der Waals surface area contributed by atoms with Crippen LogP contribution in [0.2, 0.25) is 0 Å². The number of aromatic hydroxyl groups is 1. The molecular weight excluding hydrogens is 518 g/mol. The molecule has 3 aliphatic rings. The number of aliphatic carboxylic acids is 1. The molecule has 1 aromatic rings. The van der Waals surface area contributed by atoms with Gasteiger partial charge in [-0.15, -0.1) is 11.8 Å². The fraction of sp³-hybridized carbons (Fsp3) is 0.280. The largest absolute Gasteiger partial charge is 0.508 e. The lowest BCUT2D eigenvalue weighted by atomic mass is 9.97. The molecule has 4 rings (SSSR count). The van der Waals surface area contributed by atoms with E-state index in [1.54, 1.807) is 6.92 Å². The van der Waals surface area contributed by atoms with Gasteiger partial charge in [-0.2, -0.15) is 0 Å². The predicted octanol–water partition coefficient (Wildman–Crippen LogP) is 1.15. The van der Waals surface area contributed by atoms with E-state index >= 15 is 0 Å². The molecule has 198 valence electrons. The van der Waals surface area contributed by atoms with Crippen LogP contribution in [0.4, 0.5) is 0 Å². The van der Waals surface area contributed by atoms with Gasteiger partial charge in [0.25, 0.3) is 5.91 Å². The molecule has 1 aliphatic carbocycles. The molecule has 0 bridgehead atoms. The number of nitrogens with zero attached hydrogens (tertiary/aromatic N) is 2. The second kappa shape index (κ2) is 10.5. The number of hydrogen-bond acceptors (Lipinski definition) is 10. The van der Waals surface area contributed by atoms with Gasteiger partial charge in [-0.25, -0.2) is 9.59 Å². The molecule has 1 fully saturated rings. The van der Waals surface area contributed by atoms with Crippen molar-refractivity contribution in [2.45, 2.75) is 31.3 Å². The minimum absolute atomic E-state index is 0.0473. The fourth-order valence-electron chi connectivity index (χ4n) is 4.17. The van der Waals surface area contributed by atoms with E-state index in [0.717, 1.165) is 17.1 Å². The number of carboxylic acids is 1. The first-order valence-electron chi connectivity index (χ1n) is 11.4. The van der Waals surface area contributed by atoms with Crippen LogP contribution in [0.1, 0.15) is 25.5 Å². The summed E-state index contributed by atoms with van der Waals surface area (Å²) in [5.41, 5.74) is -0.431. The summed E-state index contributed by atoms with van der Waals surface area (Å²) in [5, 5.41) is 31.4. The van der Waals surface area contributed by atoms with E-state index in [1.165, 1.54) is 43.0 Å². The van der Waals surface area contributed by atoms with Crippen molar-refractivity contribution in [1.29, 1.82) is 0 Å². The molecule has 0 aromatic heterocycles. The lowest BCUT2D eigenvalue weighted by Gasteiger charge is -2.49. The normalized spacial score (nSPS) is 22.7. The van der Waals surface area contributed by atoms with Gasteiger partial charge < -0.3 is 25.4 Å². The lowest BCUT2D eigenvalue weighted by Crippen LogP contribution is -2.70. The first-order chi connectivity index (χ1) is 18.0. The number of phenols is 1. The minimum Gasteiger partial charge on any atom is -0.508 e. The second-order valence-corrected chi connectivity index (χ2v) is 9.59. The third kappa shape index (κ3) is 4.79. The van der Waals surface area contributed by atoms with Gasteiger partial charge in [-0.1, -0.05) is 12.1 Å². The Balaban J connectivity index is 1.69. The molecule has 0 radical (unpaired) electrons. The third-order valence-electron chi connectivity index (χ3n) is 5.97. The number of aliphatic hydroxyl groups excluding tert-OH is 1. The van der Waals surface area contributed by atoms with Crippen LogP contribution < -0.4 is 5.32 Å². The Bertz CT molecular complexity index is 1360.